The Balaban J connectivity index is 0.00000176. The third-order valence-corrected chi connectivity index (χ3v) is 6.08. The lowest BCUT2D eigenvalue weighted by molar-refractivity contribution is 0.245. The maximum absolute atomic E-state index is 13.1. The highest BCUT2D eigenvalue weighted by molar-refractivity contribution is 7.89. The fourth-order valence-corrected chi connectivity index (χ4v) is 4.81. The summed E-state index contributed by atoms with van der Waals surface area (Å²) in [5.41, 5.74) is 0. The van der Waals surface area contributed by atoms with Gasteiger partial charge in [-0.05, 0) is 25.3 Å². The molecule has 2 unspecified atom stereocenters. The van der Waals surface area contributed by atoms with E-state index in [1.807, 2.05) is 50.2 Å². The van der Waals surface area contributed by atoms with E-state index in [9.17, 15) is 8.42 Å². The third-order valence-electron chi connectivity index (χ3n) is 4.04. The molecular weight excluding hydrogens is 320 g/mol. The van der Waals surface area contributed by atoms with E-state index in [0.717, 1.165) is 10.8 Å². The Labute approximate surface area is 138 Å². The minimum Gasteiger partial charge on any atom is -0.311 e. The smallest absolute Gasteiger partial charge is 0.244 e. The number of sulfonamides is 1. The molecule has 2 atom stereocenters. The van der Waals surface area contributed by atoms with Gasteiger partial charge in [0.1, 0.15) is 0 Å². The van der Waals surface area contributed by atoms with E-state index in [-0.39, 0.29) is 24.5 Å². The van der Waals surface area contributed by atoms with Crippen LogP contribution in [-0.4, -0.2) is 37.9 Å². The number of nitrogens with zero attached hydrogens (tertiary/aromatic N) is 1. The Hall–Kier alpha value is -1.14. The molecule has 1 saturated heterocycles. The van der Waals surface area contributed by atoms with Crippen molar-refractivity contribution in [2.75, 3.05) is 13.1 Å². The summed E-state index contributed by atoms with van der Waals surface area (Å²) in [6.07, 6.45) is 0. The van der Waals surface area contributed by atoms with Crippen LogP contribution < -0.4 is 5.32 Å². The molecule has 6 heteroatoms. The molecule has 0 bridgehead atoms. The molecule has 120 valence electrons. The zero-order valence-electron chi connectivity index (χ0n) is 12.7. The van der Waals surface area contributed by atoms with Crippen LogP contribution in [0.3, 0.4) is 0 Å². The lowest BCUT2D eigenvalue weighted by Gasteiger charge is -2.36. The van der Waals surface area contributed by atoms with Crippen LogP contribution in [0.5, 0.6) is 0 Å². The predicted molar refractivity (Wildman–Crippen MR) is 92.0 cm³/mol. The maximum atomic E-state index is 13.1. The Morgan fingerprint density at radius 3 is 2.55 bits per heavy atom. The molecule has 3 rings (SSSR count). The van der Waals surface area contributed by atoms with E-state index in [1.165, 1.54) is 0 Å². The largest absolute Gasteiger partial charge is 0.311 e. The second-order valence-corrected chi connectivity index (χ2v) is 7.57. The van der Waals surface area contributed by atoms with E-state index in [4.69, 9.17) is 0 Å². The highest BCUT2D eigenvalue weighted by atomic mass is 35.5. The minimum atomic E-state index is -3.48. The number of rotatable bonds is 2. The van der Waals surface area contributed by atoms with Crippen molar-refractivity contribution in [2.45, 2.75) is 30.8 Å². The molecule has 0 aromatic heterocycles. The molecular formula is C16H21ClN2O2S. The van der Waals surface area contributed by atoms with E-state index < -0.39 is 10.0 Å². The minimum absolute atomic E-state index is 0. The topological polar surface area (TPSA) is 49.4 Å². The van der Waals surface area contributed by atoms with Crippen LogP contribution in [0.1, 0.15) is 13.8 Å². The number of hydrogen-bond acceptors (Lipinski definition) is 3. The van der Waals surface area contributed by atoms with Crippen LogP contribution in [0, 0.1) is 0 Å². The maximum Gasteiger partial charge on any atom is 0.244 e. The van der Waals surface area contributed by atoms with Crippen molar-refractivity contribution < 1.29 is 8.42 Å². The van der Waals surface area contributed by atoms with Gasteiger partial charge in [-0.15, -0.1) is 12.4 Å². The zero-order valence-corrected chi connectivity index (χ0v) is 14.3. The van der Waals surface area contributed by atoms with Gasteiger partial charge in [0.2, 0.25) is 10.0 Å². The normalized spacial score (nSPS) is 23.2. The predicted octanol–water partition coefficient (Wildman–Crippen LogP) is 2.63. The van der Waals surface area contributed by atoms with Crippen LogP contribution >= 0.6 is 12.4 Å². The average Bonchev–Trinajstić information content (AvgIpc) is 2.49. The third kappa shape index (κ3) is 2.99. The summed E-state index contributed by atoms with van der Waals surface area (Å²) < 4.78 is 27.7. The SMILES string of the molecule is CC1CN(S(=O)(=O)c2cccc3ccccc23)C(C)CN1.Cl. The number of piperazine rings is 1. The van der Waals surface area contributed by atoms with Gasteiger partial charge in [-0.1, -0.05) is 36.4 Å². The summed E-state index contributed by atoms with van der Waals surface area (Å²) in [5.74, 6) is 0. The van der Waals surface area contributed by atoms with E-state index in [0.29, 0.717) is 18.0 Å². The Kier molecular flexibility index (Phi) is 5.12. The van der Waals surface area contributed by atoms with Crippen LogP contribution in [0.2, 0.25) is 0 Å². The first-order valence-electron chi connectivity index (χ1n) is 7.23. The first-order valence-corrected chi connectivity index (χ1v) is 8.67. The van der Waals surface area contributed by atoms with Crippen molar-refractivity contribution in [3.8, 4) is 0 Å². The van der Waals surface area contributed by atoms with Crippen molar-refractivity contribution in [3.63, 3.8) is 0 Å². The van der Waals surface area contributed by atoms with Gasteiger partial charge in [0, 0.05) is 30.6 Å². The molecule has 2 aromatic rings. The van der Waals surface area contributed by atoms with Gasteiger partial charge in [-0.2, -0.15) is 4.31 Å². The fraction of sp³-hybridized carbons (Fsp3) is 0.375. The van der Waals surface area contributed by atoms with Crippen molar-refractivity contribution in [1.82, 2.24) is 9.62 Å². The van der Waals surface area contributed by atoms with Crippen LogP contribution in [0.4, 0.5) is 0 Å². The van der Waals surface area contributed by atoms with Gasteiger partial charge in [0.15, 0.2) is 0 Å². The zero-order chi connectivity index (χ0) is 15.0. The van der Waals surface area contributed by atoms with Gasteiger partial charge in [0.05, 0.1) is 4.90 Å². The van der Waals surface area contributed by atoms with Crippen LogP contribution in [0.15, 0.2) is 47.4 Å². The standard InChI is InChI=1S/C16H20N2O2S.ClH/c1-12-11-18(13(2)10-17-12)21(19,20)16-9-5-7-14-6-3-4-8-15(14)16;/h3-9,12-13,17H,10-11H2,1-2H3;1H. The number of nitrogens with one attached hydrogen (secondary N) is 1. The molecule has 0 spiro atoms. The van der Waals surface area contributed by atoms with Crippen molar-refractivity contribution in [2.24, 2.45) is 0 Å². The second-order valence-electron chi connectivity index (χ2n) is 5.71. The first kappa shape index (κ1) is 17.2. The molecule has 0 amide bonds. The van der Waals surface area contributed by atoms with Gasteiger partial charge in [-0.25, -0.2) is 8.42 Å². The summed E-state index contributed by atoms with van der Waals surface area (Å²) in [6.45, 7) is 5.15. The molecule has 0 radical (unpaired) electrons. The van der Waals surface area contributed by atoms with Crippen molar-refractivity contribution in [3.05, 3.63) is 42.5 Å². The number of benzene rings is 2. The lowest BCUT2D eigenvalue weighted by atomic mass is 10.1. The van der Waals surface area contributed by atoms with Gasteiger partial charge in [-0.3, -0.25) is 0 Å². The van der Waals surface area contributed by atoms with Crippen LogP contribution in [0.25, 0.3) is 10.8 Å². The molecule has 2 aromatic carbocycles. The molecule has 0 aliphatic carbocycles. The molecule has 1 N–H and O–H groups in total. The fourth-order valence-electron chi connectivity index (χ4n) is 2.87. The van der Waals surface area contributed by atoms with Crippen LogP contribution in [-0.2, 0) is 10.0 Å². The quantitative estimate of drug-likeness (QED) is 0.914. The summed E-state index contributed by atoms with van der Waals surface area (Å²) in [4.78, 5) is 0.404. The Bertz CT molecular complexity index is 758. The highest BCUT2D eigenvalue weighted by Crippen LogP contribution is 2.27. The van der Waals surface area contributed by atoms with E-state index in [2.05, 4.69) is 5.32 Å². The monoisotopic (exact) mass is 340 g/mol. The molecule has 1 heterocycles. The van der Waals surface area contributed by atoms with Gasteiger partial charge < -0.3 is 5.32 Å². The van der Waals surface area contributed by atoms with Crippen molar-refractivity contribution >= 4 is 33.2 Å². The van der Waals surface area contributed by atoms with Crippen molar-refractivity contribution in [1.29, 1.82) is 0 Å². The Morgan fingerprint density at radius 1 is 1.09 bits per heavy atom. The summed E-state index contributed by atoms with van der Waals surface area (Å²) in [5, 5.41) is 5.06. The van der Waals surface area contributed by atoms with Gasteiger partial charge >= 0.3 is 0 Å². The lowest BCUT2D eigenvalue weighted by Crippen LogP contribution is -2.56. The molecule has 4 nitrogen and oxygen atoms in total. The summed E-state index contributed by atoms with van der Waals surface area (Å²) >= 11 is 0. The van der Waals surface area contributed by atoms with E-state index >= 15 is 0 Å². The average molecular weight is 341 g/mol. The molecule has 1 fully saturated rings. The molecule has 1 aliphatic heterocycles. The Morgan fingerprint density at radius 2 is 1.77 bits per heavy atom. The number of hydrogen-bond donors (Lipinski definition) is 1. The van der Waals surface area contributed by atoms with E-state index in [1.54, 1.807) is 10.4 Å². The number of fused-ring (bicyclic) bond motifs is 1. The second kappa shape index (κ2) is 6.54. The summed E-state index contributed by atoms with van der Waals surface area (Å²) in [6, 6.07) is 13.2. The number of halogens is 1. The molecule has 0 saturated carbocycles. The highest BCUT2D eigenvalue weighted by Gasteiger charge is 2.34. The molecule has 22 heavy (non-hydrogen) atoms. The molecule has 1 aliphatic rings. The summed E-state index contributed by atoms with van der Waals surface area (Å²) in [7, 11) is -3.48. The van der Waals surface area contributed by atoms with Gasteiger partial charge in [0.25, 0.3) is 0 Å². The first-order chi connectivity index (χ1) is 10.00.